The van der Waals surface area contributed by atoms with Crippen LogP contribution >= 0.6 is 0 Å². The Morgan fingerprint density at radius 3 is 1.86 bits per heavy atom. The minimum atomic E-state index is -0.986. The number of amides is 2. The molecule has 2 aromatic carbocycles. The summed E-state index contributed by atoms with van der Waals surface area (Å²) in [6, 6.07) is 19.3. The lowest BCUT2D eigenvalue weighted by atomic mass is 9.78. The van der Waals surface area contributed by atoms with Crippen molar-refractivity contribution in [2.75, 3.05) is 13.1 Å². The van der Waals surface area contributed by atoms with Crippen LogP contribution in [0.25, 0.3) is 0 Å². The maximum Gasteiger partial charge on any atom is 0.307 e. The van der Waals surface area contributed by atoms with Gasteiger partial charge in [-0.15, -0.1) is 0 Å². The van der Waals surface area contributed by atoms with E-state index >= 15 is 0 Å². The van der Waals surface area contributed by atoms with Crippen molar-refractivity contribution in [1.82, 2.24) is 10.2 Å². The topological polar surface area (TPSA) is 124 Å². The highest BCUT2D eigenvalue weighted by atomic mass is 16.4. The maximum absolute atomic E-state index is 14.3. The Hall–Kier alpha value is -3.68. The van der Waals surface area contributed by atoms with Gasteiger partial charge in [0, 0.05) is 19.0 Å². The summed E-state index contributed by atoms with van der Waals surface area (Å²) in [5.41, 5.74) is 2.23. The summed E-state index contributed by atoms with van der Waals surface area (Å²) in [4.78, 5) is 53.0. The fraction of sp³-hybridized carbons (Fsp3) is 0.543. The fourth-order valence-electron chi connectivity index (χ4n) is 6.96. The quantitative estimate of drug-likeness (QED) is 0.253. The third kappa shape index (κ3) is 9.40. The molecule has 2 aromatic rings. The van der Waals surface area contributed by atoms with Crippen LogP contribution in [0.15, 0.2) is 60.7 Å². The van der Waals surface area contributed by atoms with Crippen molar-refractivity contribution in [2.24, 2.45) is 17.8 Å². The third-order valence-corrected chi connectivity index (χ3v) is 9.33. The van der Waals surface area contributed by atoms with Crippen LogP contribution in [-0.2, 0) is 19.2 Å². The monoisotopic (exact) mass is 590 g/mol. The van der Waals surface area contributed by atoms with Gasteiger partial charge in [0.1, 0.15) is 6.04 Å². The van der Waals surface area contributed by atoms with Gasteiger partial charge in [0.2, 0.25) is 11.8 Å². The van der Waals surface area contributed by atoms with E-state index in [-0.39, 0.29) is 36.6 Å². The largest absolute Gasteiger partial charge is 0.481 e. The number of hydrogen-bond donors (Lipinski definition) is 3. The van der Waals surface area contributed by atoms with Gasteiger partial charge in [-0.2, -0.15) is 0 Å². The lowest BCUT2D eigenvalue weighted by molar-refractivity contribution is -0.149. The first-order valence-electron chi connectivity index (χ1n) is 16.0. The molecule has 43 heavy (non-hydrogen) atoms. The highest BCUT2D eigenvalue weighted by molar-refractivity contribution is 5.90. The Labute approximate surface area is 254 Å². The van der Waals surface area contributed by atoms with Crippen LogP contribution in [0, 0.1) is 17.8 Å². The number of nitrogens with zero attached hydrogens (tertiary/aromatic N) is 1. The van der Waals surface area contributed by atoms with E-state index in [1.807, 2.05) is 36.4 Å². The Balaban J connectivity index is 1.56. The Morgan fingerprint density at radius 1 is 0.744 bits per heavy atom. The van der Waals surface area contributed by atoms with Gasteiger partial charge in [0.25, 0.3) is 0 Å². The number of carbonyl (C=O) groups excluding carboxylic acids is 2. The number of aliphatic carboxylic acids is 2. The molecule has 232 valence electrons. The zero-order valence-corrected chi connectivity index (χ0v) is 25.0. The summed E-state index contributed by atoms with van der Waals surface area (Å²) < 4.78 is 0. The molecule has 0 heterocycles. The number of hydrogen-bond acceptors (Lipinski definition) is 4. The van der Waals surface area contributed by atoms with Crippen LogP contribution < -0.4 is 5.32 Å². The molecule has 0 aliphatic heterocycles. The summed E-state index contributed by atoms with van der Waals surface area (Å²) in [5.74, 6) is -3.72. The van der Waals surface area contributed by atoms with Crippen molar-refractivity contribution in [1.29, 1.82) is 0 Å². The van der Waals surface area contributed by atoms with Gasteiger partial charge in [0.15, 0.2) is 0 Å². The van der Waals surface area contributed by atoms with E-state index in [1.54, 1.807) is 4.90 Å². The van der Waals surface area contributed by atoms with Gasteiger partial charge >= 0.3 is 11.9 Å². The number of carbonyl (C=O) groups is 4. The SMILES string of the molecule is O=C(O)CCN(CCC(c1ccccc1)c1ccccc1)C(=O)C(CC1CCCCC1)NC(=O)C1CCCCC1C(=O)O. The first kappa shape index (κ1) is 32.2. The zero-order valence-electron chi connectivity index (χ0n) is 25.0. The van der Waals surface area contributed by atoms with E-state index < -0.39 is 29.8 Å². The highest BCUT2D eigenvalue weighted by Crippen LogP contribution is 2.33. The number of benzene rings is 2. The Kier molecular flexibility index (Phi) is 12.2. The second kappa shape index (κ2) is 16.2. The zero-order chi connectivity index (χ0) is 30.6. The molecular formula is C35H46N2O6. The fourth-order valence-corrected chi connectivity index (χ4v) is 6.96. The van der Waals surface area contributed by atoms with E-state index in [1.165, 1.54) is 0 Å². The lowest BCUT2D eigenvalue weighted by Crippen LogP contribution is -2.53. The minimum Gasteiger partial charge on any atom is -0.481 e. The lowest BCUT2D eigenvalue weighted by Gasteiger charge is -2.34. The molecule has 2 amide bonds. The second-order valence-corrected chi connectivity index (χ2v) is 12.3. The van der Waals surface area contributed by atoms with E-state index in [2.05, 4.69) is 29.6 Å². The van der Waals surface area contributed by atoms with Crippen molar-refractivity contribution < 1.29 is 29.4 Å². The molecule has 0 bridgehead atoms. The number of carboxylic acid groups (broad SMARTS) is 2. The average Bonchev–Trinajstić information content (AvgIpc) is 3.03. The number of rotatable bonds is 14. The molecule has 3 unspecified atom stereocenters. The molecule has 0 radical (unpaired) electrons. The summed E-state index contributed by atoms with van der Waals surface area (Å²) in [5, 5.41) is 22.3. The first-order chi connectivity index (χ1) is 20.8. The summed E-state index contributed by atoms with van der Waals surface area (Å²) in [7, 11) is 0. The van der Waals surface area contributed by atoms with E-state index in [9.17, 15) is 29.4 Å². The maximum atomic E-state index is 14.3. The number of carboxylic acids is 2. The van der Waals surface area contributed by atoms with Crippen molar-refractivity contribution in [3.05, 3.63) is 71.8 Å². The molecule has 2 saturated carbocycles. The molecule has 8 heteroatoms. The van der Waals surface area contributed by atoms with Gasteiger partial charge in [-0.3, -0.25) is 19.2 Å². The van der Waals surface area contributed by atoms with Crippen molar-refractivity contribution in [3.8, 4) is 0 Å². The highest BCUT2D eigenvalue weighted by Gasteiger charge is 2.38. The van der Waals surface area contributed by atoms with Crippen molar-refractivity contribution >= 4 is 23.8 Å². The van der Waals surface area contributed by atoms with Crippen LogP contribution in [0.5, 0.6) is 0 Å². The molecule has 0 spiro atoms. The minimum absolute atomic E-state index is 0.00692. The molecule has 2 aliphatic rings. The Bertz CT molecular complexity index is 1160. The van der Waals surface area contributed by atoms with Crippen LogP contribution in [0.2, 0.25) is 0 Å². The van der Waals surface area contributed by atoms with Crippen LogP contribution in [0.4, 0.5) is 0 Å². The predicted molar refractivity (Wildman–Crippen MR) is 164 cm³/mol. The summed E-state index contributed by atoms with van der Waals surface area (Å²) in [6.45, 7) is 0.376. The van der Waals surface area contributed by atoms with Gasteiger partial charge in [0.05, 0.1) is 18.3 Å². The normalized spacial score (nSPS) is 19.8. The van der Waals surface area contributed by atoms with Crippen molar-refractivity contribution in [3.63, 3.8) is 0 Å². The molecule has 0 saturated heterocycles. The van der Waals surface area contributed by atoms with Crippen molar-refractivity contribution in [2.45, 2.75) is 89.0 Å². The molecule has 8 nitrogen and oxygen atoms in total. The molecule has 2 fully saturated rings. The van der Waals surface area contributed by atoms with E-state index in [0.29, 0.717) is 32.2 Å². The Morgan fingerprint density at radius 2 is 1.30 bits per heavy atom. The summed E-state index contributed by atoms with van der Waals surface area (Å²) >= 11 is 0. The standard InChI is InChI=1S/C35H46N2O6/c38-32(39)21-23-37(22-20-28(26-14-6-2-7-15-26)27-16-8-3-9-17-27)34(41)31(24-25-12-4-1-5-13-25)36-33(40)29-18-10-11-19-30(29)35(42)43/h2-3,6-9,14-17,25,28-31H,1,4-5,10-13,18-24H2,(H,36,40)(H,38,39)(H,42,43). The van der Waals surface area contributed by atoms with E-state index in [4.69, 9.17) is 0 Å². The second-order valence-electron chi connectivity index (χ2n) is 12.3. The predicted octanol–water partition coefficient (Wildman–Crippen LogP) is 5.86. The molecule has 4 rings (SSSR count). The van der Waals surface area contributed by atoms with Crippen LogP contribution in [0.1, 0.15) is 94.1 Å². The van der Waals surface area contributed by atoms with Crippen LogP contribution in [0.3, 0.4) is 0 Å². The van der Waals surface area contributed by atoms with Crippen LogP contribution in [-0.4, -0.2) is 58.0 Å². The average molecular weight is 591 g/mol. The molecule has 3 N–H and O–H groups in total. The number of nitrogens with one attached hydrogen (secondary N) is 1. The molecule has 2 aliphatic carbocycles. The van der Waals surface area contributed by atoms with Gasteiger partial charge < -0.3 is 20.4 Å². The van der Waals surface area contributed by atoms with E-state index in [0.717, 1.165) is 56.1 Å². The van der Waals surface area contributed by atoms with Gasteiger partial charge in [-0.25, -0.2) is 0 Å². The summed E-state index contributed by atoms with van der Waals surface area (Å²) in [6.07, 6.45) is 8.70. The smallest absolute Gasteiger partial charge is 0.307 e. The third-order valence-electron chi connectivity index (χ3n) is 9.33. The molecular weight excluding hydrogens is 544 g/mol. The molecule has 3 atom stereocenters. The molecule has 0 aromatic heterocycles. The van der Waals surface area contributed by atoms with Gasteiger partial charge in [-0.05, 0) is 42.7 Å². The first-order valence-corrected chi connectivity index (χ1v) is 16.0. The van der Waals surface area contributed by atoms with Gasteiger partial charge in [-0.1, -0.05) is 106 Å².